The van der Waals surface area contributed by atoms with Crippen molar-refractivity contribution in [3.8, 4) is 17.2 Å². The molecule has 0 aromatic heterocycles. The van der Waals surface area contributed by atoms with Gasteiger partial charge in [0.2, 0.25) is 0 Å². The Morgan fingerprint density at radius 3 is 2.25 bits per heavy atom. The van der Waals surface area contributed by atoms with Crippen molar-refractivity contribution in [2.75, 3.05) is 27.9 Å². The molecule has 4 rings (SSSR count). The standard InChI is InChI=1S/C28H26BrNO6/c1-34-19-11-8-17(9-12-19)14-15-30-25(20-6-4-5-7-22(20)35-2)24(27(32)28(30)33)26(31)18-10-13-23(36-3)21(29)16-18/h4-13,16,25,31H,14-15H2,1-3H3/b26-24+. The van der Waals surface area contributed by atoms with Crippen LogP contribution in [0.25, 0.3) is 5.76 Å². The molecule has 3 aromatic rings. The van der Waals surface area contributed by atoms with Crippen LogP contribution in [0, 0.1) is 0 Å². The molecule has 0 bridgehead atoms. The van der Waals surface area contributed by atoms with E-state index in [1.807, 2.05) is 36.4 Å². The van der Waals surface area contributed by atoms with E-state index in [9.17, 15) is 14.7 Å². The molecular weight excluding hydrogens is 526 g/mol. The zero-order chi connectivity index (χ0) is 25.8. The van der Waals surface area contributed by atoms with Crippen LogP contribution in [0.4, 0.5) is 0 Å². The Balaban J connectivity index is 1.79. The van der Waals surface area contributed by atoms with Crippen LogP contribution in [-0.4, -0.2) is 49.6 Å². The normalized spacial score (nSPS) is 16.8. The Morgan fingerprint density at radius 1 is 0.917 bits per heavy atom. The van der Waals surface area contributed by atoms with Gasteiger partial charge in [-0.1, -0.05) is 30.3 Å². The van der Waals surface area contributed by atoms with Crippen molar-refractivity contribution < 1.29 is 28.9 Å². The highest BCUT2D eigenvalue weighted by Gasteiger charge is 2.46. The summed E-state index contributed by atoms with van der Waals surface area (Å²) in [7, 11) is 4.67. The second-order valence-corrected chi connectivity index (χ2v) is 9.04. The molecule has 0 saturated carbocycles. The van der Waals surface area contributed by atoms with Gasteiger partial charge in [0.1, 0.15) is 23.0 Å². The molecule has 0 aliphatic carbocycles. The average Bonchev–Trinajstić information content (AvgIpc) is 3.16. The van der Waals surface area contributed by atoms with Gasteiger partial charge in [0.25, 0.3) is 11.7 Å². The number of likely N-dealkylation sites (tertiary alicyclic amines) is 1. The maximum absolute atomic E-state index is 13.3. The third-order valence-corrected chi connectivity index (χ3v) is 6.82. The molecule has 7 nitrogen and oxygen atoms in total. The van der Waals surface area contributed by atoms with Crippen LogP contribution >= 0.6 is 15.9 Å². The smallest absolute Gasteiger partial charge is 0.295 e. The fourth-order valence-electron chi connectivity index (χ4n) is 4.34. The molecule has 0 spiro atoms. The second kappa shape index (κ2) is 10.9. The van der Waals surface area contributed by atoms with Crippen molar-refractivity contribution in [2.24, 2.45) is 0 Å². The van der Waals surface area contributed by atoms with Crippen molar-refractivity contribution >= 4 is 33.4 Å². The number of rotatable bonds is 8. The molecule has 1 amide bonds. The first-order valence-corrected chi connectivity index (χ1v) is 12.1. The predicted molar refractivity (Wildman–Crippen MR) is 139 cm³/mol. The Morgan fingerprint density at radius 2 is 1.61 bits per heavy atom. The number of Topliss-reactive ketones (excluding diaryl/α,β-unsaturated/α-hetero) is 1. The van der Waals surface area contributed by atoms with Crippen LogP contribution in [0.3, 0.4) is 0 Å². The lowest BCUT2D eigenvalue weighted by Crippen LogP contribution is -2.31. The van der Waals surface area contributed by atoms with Gasteiger partial charge in [0, 0.05) is 17.7 Å². The summed E-state index contributed by atoms with van der Waals surface area (Å²) < 4.78 is 16.7. The summed E-state index contributed by atoms with van der Waals surface area (Å²) in [6.45, 7) is 0.267. The molecule has 3 aromatic carbocycles. The average molecular weight is 552 g/mol. The molecule has 0 radical (unpaired) electrons. The van der Waals surface area contributed by atoms with E-state index in [2.05, 4.69) is 15.9 Å². The first-order chi connectivity index (χ1) is 17.4. The number of hydrogen-bond donors (Lipinski definition) is 1. The fourth-order valence-corrected chi connectivity index (χ4v) is 4.88. The van der Waals surface area contributed by atoms with Gasteiger partial charge in [-0.3, -0.25) is 9.59 Å². The third kappa shape index (κ3) is 4.81. The van der Waals surface area contributed by atoms with Crippen LogP contribution < -0.4 is 14.2 Å². The van der Waals surface area contributed by atoms with Crippen LogP contribution in [0.5, 0.6) is 17.2 Å². The van der Waals surface area contributed by atoms with E-state index in [0.29, 0.717) is 33.5 Å². The molecule has 1 unspecified atom stereocenters. The van der Waals surface area contributed by atoms with Gasteiger partial charge in [-0.05, 0) is 64.3 Å². The van der Waals surface area contributed by atoms with E-state index in [0.717, 1.165) is 11.3 Å². The van der Waals surface area contributed by atoms with Crippen LogP contribution in [0.1, 0.15) is 22.7 Å². The van der Waals surface area contributed by atoms with Gasteiger partial charge < -0.3 is 24.2 Å². The van der Waals surface area contributed by atoms with Gasteiger partial charge in [-0.15, -0.1) is 0 Å². The monoisotopic (exact) mass is 551 g/mol. The maximum Gasteiger partial charge on any atom is 0.295 e. The molecule has 1 atom stereocenters. The Hall–Kier alpha value is -3.78. The number of halogens is 1. The summed E-state index contributed by atoms with van der Waals surface area (Å²) in [6, 6.07) is 18.9. The zero-order valence-corrected chi connectivity index (χ0v) is 21.7. The largest absolute Gasteiger partial charge is 0.507 e. The van der Waals surface area contributed by atoms with Crippen molar-refractivity contribution in [3.05, 3.63) is 93.5 Å². The van der Waals surface area contributed by atoms with Gasteiger partial charge in [0.15, 0.2) is 0 Å². The molecular formula is C28H26BrNO6. The number of aliphatic hydroxyl groups is 1. The zero-order valence-electron chi connectivity index (χ0n) is 20.2. The summed E-state index contributed by atoms with van der Waals surface area (Å²) >= 11 is 3.42. The number of aliphatic hydroxyl groups excluding tert-OH is 1. The third-order valence-electron chi connectivity index (χ3n) is 6.20. The van der Waals surface area contributed by atoms with Gasteiger partial charge in [0.05, 0.1) is 37.4 Å². The topological polar surface area (TPSA) is 85.3 Å². The Labute approximate surface area is 218 Å². The molecule has 186 valence electrons. The first kappa shape index (κ1) is 25.3. The second-order valence-electron chi connectivity index (χ2n) is 8.18. The van der Waals surface area contributed by atoms with E-state index >= 15 is 0 Å². The summed E-state index contributed by atoms with van der Waals surface area (Å²) in [5, 5.41) is 11.3. The number of ether oxygens (including phenoxy) is 3. The molecule has 1 fully saturated rings. The van der Waals surface area contributed by atoms with Gasteiger partial charge in [-0.2, -0.15) is 0 Å². The summed E-state index contributed by atoms with van der Waals surface area (Å²) in [5.74, 6) is 0.144. The maximum atomic E-state index is 13.3. The van der Waals surface area contributed by atoms with Gasteiger partial charge in [-0.25, -0.2) is 0 Å². The molecule has 1 saturated heterocycles. The summed E-state index contributed by atoms with van der Waals surface area (Å²) in [6.07, 6.45) is 0.511. The van der Waals surface area contributed by atoms with E-state index in [-0.39, 0.29) is 17.9 Å². The molecule has 1 N–H and O–H groups in total. The molecule has 8 heteroatoms. The number of carbonyl (C=O) groups excluding carboxylic acids is 2. The van der Waals surface area contributed by atoms with E-state index < -0.39 is 17.7 Å². The SMILES string of the molecule is COc1ccc(CCN2C(=O)C(=O)/C(=C(/O)c3ccc(OC)c(Br)c3)C2c2ccccc2OC)cc1. The molecule has 1 aliphatic heterocycles. The number of nitrogens with zero attached hydrogens (tertiary/aromatic N) is 1. The lowest BCUT2D eigenvalue weighted by Gasteiger charge is -2.26. The fraction of sp³-hybridized carbons (Fsp3) is 0.214. The first-order valence-electron chi connectivity index (χ1n) is 11.3. The molecule has 36 heavy (non-hydrogen) atoms. The minimum atomic E-state index is -0.819. The highest BCUT2D eigenvalue weighted by molar-refractivity contribution is 9.10. The minimum Gasteiger partial charge on any atom is -0.507 e. The van der Waals surface area contributed by atoms with Crippen molar-refractivity contribution in [2.45, 2.75) is 12.5 Å². The number of ketones is 1. The quantitative estimate of drug-likeness (QED) is 0.237. The summed E-state index contributed by atoms with van der Waals surface area (Å²) in [5.41, 5.74) is 1.99. The minimum absolute atomic E-state index is 0.0105. The molecule has 1 heterocycles. The van der Waals surface area contributed by atoms with E-state index in [4.69, 9.17) is 14.2 Å². The van der Waals surface area contributed by atoms with Gasteiger partial charge >= 0.3 is 0 Å². The number of amides is 1. The number of benzene rings is 3. The van der Waals surface area contributed by atoms with Crippen LogP contribution in [0.2, 0.25) is 0 Å². The Bertz CT molecular complexity index is 1320. The van der Waals surface area contributed by atoms with Crippen molar-refractivity contribution in [3.63, 3.8) is 0 Å². The molecule has 1 aliphatic rings. The number of hydrogen-bond acceptors (Lipinski definition) is 6. The highest BCUT2D eigenvalue weighted by Crippen LogP contribution is 2.43. The lowest BCUT2D eigenvalue weighted by atomic mass is 9.94. The van der Waals surface area contributed by atoms with Crippen LogP contribution in [-0.2, 0) is 16.0 Å². The predicted octanol–water partition coefficient (Wildman–Crippen LogP) is 5.14. The van der Waals surface area contributed by atoms with Crippen LogP contribution in [0.15, 0.2) is 76.8 Å². The Kier molecular flexibility index (Phi) is 7.64. The van der Waals surface area contributed by atoms with Crippen molar-refractivity contribution in [1.82, 2.24) is 4.90 Å². The number of para-hydroxylation sites is 1. The number of methoxy groups -OCH3 is 3. The lowest BCUT2D eigenvalue weighted by molar-refractivity contribution is -0.139. The summed E-state index contributed by atoms with van der Waals surface area (Å²) in [4.78, 5) is 28.1. The van der Waals surface area contributed by atoms with E-state index in [1.165, 1.54) is 19.1 Å². The highest BCUT2D eigenvalue weighted by atomic mass is 79.9. The van der Waals surface area contributed by atoms with E-state index in [1.54, 1.807) is 37.4 Å². The number of carbonyl (C=O) groups is 2. The van der Waals surface area contributed by atoms with Crippen molar-refractivity contribution in [1.29, 1.82) is 0 Å².